The molecule has 0 radical (unpaired) electrons. The molecule has 0 atom stereocenters. The van der Waals surface area contributed by atoms with Crippen molar-refractivity contribution in [3.05, 3.63) is 33.8 Å². The van der Waals surface area contributed by atoms with E-state index in [4.69, 9.17) is 28.9 Å². The van der Waals surface area contributed by atoms with Crippen LogP contribution in [0.4, 0.5) is 0 Å². The maximum Gasteiger partial charge on any atom is 0.253 e. The van der Waals surface area contributed by atoms with Gasteiger partial charge in [-0.05, 0) is 12.1 Å². The predicted molar refractivity (Wildman–Crippen MR) is 61.3 cm³/mol. The standard InChI is InChI=1S/C9H9Cl2N3O/c10-7-2-1-3-8(11)6(7)5-13-14-9(15)4-12/h1-3,5H,4,12H2,(H,14,15)/b13-5+. The summed E-state index contributed by atoms with van der Waals surface area (Å²) in [5.74, 6) is -0.380. The largest absolute Gasteiger partial charge is 0.322 e. The second-order valence-corrected chi connectivity index (χ2v) is 3.45. The van der Waals surface area contributed by atoms with E-state index in [9.17, 15) is 4.79 Å². The lowest BCUT2D eigenvalue weighted by atomic mass is 10.2. The number of nitrogens with two attached hydrogens (primary N) is 1. The molecule has 6 heteroatoms. The number of carbonyl (C=O) groups is 1. The van der Waals surface area contributed by atoms with Crippen LogP contribution in [-0.2, 0) is 4.79 Å². The molecule has 1 amide bonds. The Kier molecular flexibility index (Phi) is 4.55. The number of rotatable bonds is 3. The van der Waals surface area contributed by atoms with Crippen LogP contribution in [0, 0.1) is 0 Å². The Hall–Kier alpha value is -1.10. The van der Waals surface area contributed by atoms with Crippen molar-refractivity contribution in [1.29, 1.82) is 0 Å². The van der Waals surface area contributed by atoms with E-state index in [-0.39, 0.29) is 12.5 Å². The van der Waals surface area contributed by atoms with Gasteiger partial charge in [-0.2, -0.15) is 5.10 Å². The van der Waals surface area contributed by atoms with Crippen LogP contribution in [0.15, 0.2) is 23.3 Å². The van der Waals surface area contributed by atoms with Gasteiger partial charge in [0.2, 0.25) is 0 Å². The van der Waals surface area contributed by atoms with Crippen molar-refractivity contribution in [2.75, 3.05) is 6.54 Å². The molecule has 1 aromatic rings. The molecule has 0 spiro atoms. The van der Waals surface area contributed by atoms with Gasteiger partial charge in [0.25, 0.3) is 5.91 Å². The molecule has 0 unspecified atom stereocenters. The van der Waals surface area contributed by atoms with Crippen molar-refractivity contribution >= 4 is 35.3 Å². The third kappa shape index (κ3) is 3.51. The van der Waals surface area contributed by atoms with Crippen LogP contribution >= 0.6 is 23.2 Å². The van der Waals surface area contributed by atoms with E-state index in [2.05, 4.69) is 10.5 Å². The summed E-state index contributed by atoms with van der Waals surface area (Å²) < 4.78 is 0. The summed E-state index contributed by atoms with van der Waals surface area (Å²) in [5, 5.41) is 4.59. The van der Waals surface area contributed by atoms with Crippen molar-refractivity contribution in [2.45, 2.75) is 0 Å². The average Bonchev–Trinajstić information content (AvgIpc) is 2.22. The van der Waals surface area contributed by atoms with Crippen LogP contribution in [0.25, 0.3) is 0 Å². The Morgan fingerprint density at radius 1 is 1.47 bits per heavy atom. The number of benzene rings is 1. The first kappa shape index (κ1) is 12.0. The van der Waals surface area contributed by atoms with Gasteiger partial charge in [-0.15, -0.1) is 0 Å². The molecule has 0 aliphatic rings. The Morgan fingerprint density at radius 3 is 2.60 bits per heavy atom. The van der Waals surface area contributed by atoms with Gasteiger partial charge in [-0.1, -0.05) is 29.3 Å². The molecule has 1 aromatic carbocycles. The summed E-state index contributed by atoms with van der Waals surface area (Å²) in [7, 11) is 0. The molecule has 0 bridgehead atoms. The van der Waals surface area contributed by atoms with Crippen LogP contribution in [-0.4, -0.2) is 18.7 Å². The van der Waals surface area contributed by atoms with Gasteiger partial charge in [-0.25, -0.2) is 5.43 Å². The number of nitrogens with one attached hydrogen (secondary N) is 1. The Labute approximate surface area is 97.0 Å². The maximum atomic E-state index is 10.8. The van der Waals surface area contributed by atoms with Crippen molar-refractivity contribution in [3.8, 4) is 0 Å². The number of halogens is 2. The SMILES string of the molecule is NCC(=O)N/N=C/c1c(Cl)cccc1Cl. The smallest absolute Gasteiger partial charge is 0.253 e. The molecule has 0 aliphatic carbocycles. The van der Waals surface area contributed by atoms with Gasteiger partial charge >= 0.3 is 0 Å². The summed E-state index contributed by atoms with van der Waals surface area (Å²) in [6, 6.07) is 5.08. The van der Waals surface area contributed by atoms with Gasteiger partial charge in [0.1, 0.15) is 0 Å². The van der Waals surface area contributed by atoms with E-state index < -0.39 is 0 Å². The maximum absolute atomic E-state index is 10.8. The zero-order valence-corrected chi connectivity index (χ0v) is 9.22. The fourth-order valence-electron chi connectivity index (χ4n) is 0.849. The zero-order valence-electron chi connectivity index (χ0n) is 7.71. The third-order valence-electron chi connectivity index (χ3n) is 1.57. The second kappa shape index (κ2) is 5.70. The molecule has 0 aliphatic heterocycles. The minimum Gasteiger partial charge on any atom is -0.322 e. The fourth-order valence-corrected chi connectivity index (χ4v) is 1.34. The summed E-state index contributed by atoms with van der Waals surface area (Å²) in [6.45, 7) is -0.117. The first-order valence-electron chi connectivity index (χ1n) is 4.11. The van der Waals surface area contributed by atoms with E-state index in [1.165, 1.54) is 6.21 Å². The highest BCUT2D eigenvalue weighted by Crippen LogP contribution is 2.21. The topological polar surface area (TPSA) is 67.5 Å². The molecular weight excluding hydrogens is 237 g/mol. The van der Waals surface area contributed by atoms with Gasteiger partial charge in [0.15, 0.2) is 0 Å². The average molecular weight is 246 g/mol. The first-order valence-corrected chi connectivity index (χ1v) is 4.86. The second-order valence-electron chi connectivity index (χ2n) is 2.63. The Balaban J connectivity index is 2.76. The number of hydrogen-bond donors (Lipinski definition) is 2. The molecule has 0 aromatic heterocycles. The highest BCUT2D eigenvalue weighted by Gasteiger charge is 2.01. The molecular formula is C9H9Cl2N3O. The lowest BCUT2D eigenvalue weighted by molar-refractivity contribution is -0.119. The normalized spacial score (nSPS) is 10.6. The van der Waals surface area contributed by atoms with E-state index in [0.717, 1.165) is 0 Å². The van der Waals surface area contributed by atoms with E-state index in [1.807, 2.05) is 0 Å². The fraction of sp³-hybridized carbons (Fsp3) is 0.111. The lowest BCUT2D eigenvalue weighted by Gasteiger charge is -2.00. The number of hydrazone groups is 1. The number of hydrogen-bond acceptors (Lipinski definition) is 3. The van der Waals surface area contributed by atoms with Crippen LogP contribution in [0.2, 0.25) is 10.0 Å². The van der Waals surface area contributed by atoms with E-state index in [1.54, 1.807) is 18.2 Å². The molecule has 0 saturated carbocycles. The quantitative estimate of drug-likeness (QED) is 0.625. The summed E-state index contributed by atoms with van der Waals surface area (Å²) in [6.07, 6.45) is 1.37. The Bertz CT molecular complexity index is 373. The minimum atomic E-state index is -0.380. The van der Waals surface area contributed by atoms with Crippen LogP contribution in [0.5, 0.6) is 0 Å². The molecule has 15 heavy (non-hydrogen) atoms. The highest BCUT2D eigenvalue weighted by atomic mass is 35.5. The molecule has 4 nitrogen and oxygen atoms in total. The summed E-state index contributed by atoms with van der Waals surface area (Å²) in [5.41, 5.74) is 7.85. The van der Waals surface area contributed by atoms with Gasteiger partial charge < -0.3 is 5.73 Å². The Morgan fingerprint density at radius 2 is 2.07 bits per heavy atom. The minimum absolute atomic E-state index is 0.117. The molecule has 3 N–H and O–H groups in total. The molecule has 0 heterocycles. The summed E-state index contributed by atoms with van der Waals surface area (Å²) >= 11 is 11.7. The number of amides is 1. The van der Waals surface area contributed by atoms with E-state index in [0.29, 0.717) is 15.6 Å². The van der Waals surface area contributed by atoms with Crippen LogP contribution in [0.1, 0.15) is 5.56 Å². The number of nitrogens with zero attached hydrogens (tertiary/aromatic N) is 1. The van der Waals surface area contributed by atoms with Crippen LogP contribution in [0.3, 0.4) is 0 Å². The lowest BCUT2D eigenvalue weighted by Crippen LogP contribution is -2.26. The predicted octanol–water partition coefficient (Wildman–Crippen LogP) is 1.40. The monoisotopic (exact) mass is 245 g/mol. The van der Waals surface area contributed by atoms with Crippen molar-refractivity contribution in [2.24, 2.45) is 10.8 Å². The van der Waals surface area contributed by atoms with Gasteiger partial charge in [-0.3, -0.25) is 4.79 Å². The van der Waals surface area contributed by atoms with Crippen molar-refractivity contribution in [1.82, 2.24) is 5.43 Å². The molecule has 0 saturated heterocycles. The first-order chi connectivity index (χ1) is 7.15. The zero-order chi connectivity index (χ0) is 11.3. The van der Waals surface area contributed by atoms with Crippen molar-refractivity contribution in [3.63, 3.8) is 0 Å². The summed E-state index contributed by atoms with van der Waals surface area (Å²) in [4.78, 5) is 10.8. The van der Waals surface area contributed by atoms with Crippen LogP contribution < -0.4 is 11.2 Å². The molecule has 1 rings (SSSR count). The molecule has 0 fully saturated rings. The molecule has 80 valence electrons. The van der Waals surface area contributed by atoms with Crippen molar-refractivity contribution < 1.29 is 4.79 Å². The highest BCUT2D eigenvalue weighted by molar-refractivity contribution is 6.38. The van der Waals surface area contributed by atoms with E-state index >= 15 is 0 Å². The third-order valence-corrected chi connectivity index (χ3v) is 2.23. The van der Waals surface area contributed by atoms with Gasteiger partial charge in [0, 0.05) is 5.56 Å². The van der Waals surface area contributed by atoms with Gasteiger partial charge in [0.05, 0.1) is 22.8 Å². The number of carbonyl (C=O) groups excluding carboxylic acids is 1.